The van der Waals surface area contributed by atoms with Gasteiger partial charge in [0.1, 0.15) is 0 Å². The molecule has 1 unspecified atom stereocenters. The summed E-state index contributed by atoms with van der Waals surface area (Å²) in [5.74, 6) is 6.22. The Balaban J connectivity index is 1.55. The number of rotatable bonds is 7. The smallest absolute Gasteiger partial charge is 0.184 e. The zero-order chi connectivity index (χ0) is 23.3. The predicted octanol–water partition coefficient (Wildman–Crippen LogP) is 9.10. The van der Waals surface area contributed by atoms with Gasteiger partial charge in [-0.25, -0.2) is 0 Å². The van der Waals surface area contributed by atoms with Gasteiger partial charge in [0.05, 0.1) is 0 Å². The van der Waals surface area contributed by atoms with E-state index in [1.165, 1.54) is 64.2 Å². The zero-order valence-corrected chi connectivity index (χ0v) is 23.8. The van der Waals surface area contributed by atoms with E-state index in [9.17, 15) is 0 Å². The van der Waals surface area contributed by atoms with Gasteiger partial charge in [-0.3, -0.25) is 0 Å². The van der Waals surface area contributed by atoms with Gasteiger partial charge in [-0.15, -0.1) is 0 Å². The summed E-state index contributed by atoms with van der Waals surface area (Å²) in [4.78, 5) is 0. The van der Waals surface area contributed by atoms with Crippen LogP contribution < -0.4 is 0 Å². The Morgan fingerprint density at radius 2 is 1.62 bits per heavy atom. The molecular weight excluding hydrogens is 404 g/mol. The van der Waals surface area contributed by atoms with Gasteiger partial charge in [-0.2, -0.15) is 0 Å². The normalized spacial score (nSPS) is 44.8. The predicted molar refractivity (Wildman–Crippen MR) is 141 cm³/mol. The largest absolute Gasteiger partial charge is 0.414 e. The highest BCUT2D eigenvalue weighted by Crippen LogP contribution is 2.68. The van der Waals surface area contributed by atoms with E-state index in [4.69, 9.17) is 4.43 Å². The Morgan fingerprint density at radius 3 is 2.31 bits per heavy atom. The second-order valence-electron chi connectivity index (χ2n) is 14.4. The van der Waals surface area contributed by atoms with E-state index in [0.717, 1.165) is 41.4 Å². The molecule has 0 aromatic heterocycles. The van der Waals surface area contributed by atoms with E-state index < -0.39 is 8.32 Å². The van der Waals surface area contributed by atoms with Crippen molar-refractivity contribution in [3.63, 3.8) is 0 Å². The van der Waals surface area contributed by atoms with Crippen LogP contribution in [-0.4, -0.2) is 14.4 Å². The minimum Gasteiger partial charge on any atom is -0.414 e. The molecule has 4 rings (SSSR count). The first-order chi connectivity index (χ1) is 15.0. The summed E-state index contributed by atoms with van der Waals surface area (Å²) in [6.45, 7) is 20.0. The lowest BCUT2D eigenvalue weighted by Crippen LogP contribution is -2.58. The van der Waals surface area contributed by atoms with Crippen molar-refractivity contribution in [2.24, 2.45) is 52.3 Å². The summed E-state index contributed by atoms with van der Waals surface area (Å²) in [6, 6.07) is 0. The first kappa shape index (κ1) is 25.0. The fourth-order valence-corrected chi connectivity index (χ4v) is 10.6. The van der Waals surface area contributed by atoms with Crippen molar-refractivity contribution in [1.29, 1.82) is 0 Å². The number of allylic oxidation sites excluding steroid dienone is 2. The van der Waals surface area contributed by atoms with Crippen molar-refractivity contribution in [2.75, 3.05) is 0 Å². The summed E-state index contributed by atoms with van der Waals surface area (Å²) >= 11 is 0. The van der Waals surface area contributed by atoms with Crippen LogP contribution >= 0.6 is 0 Å². The van der Waals surface area contributed by atoms with Crippen molar-refractivity contribution >= 4 is 8.32 Å². The molecule has 0 radical (unpaired) electrons. The first-order valence-electron chi connectivity index (χ1n) is 14.3. The third-order valence-electron chi connectivity index (χ3n) is 10.9. The molecule has 0 aromatic rings. The molecule has 184 valence electrons. The van der Waals surface area contributed by atoms with Crippen LogP contribution in [0.3, 0.4) is 0 Å². The lowest BCUT2D eigenvalue weighted by Gasteiger charge is -2.62. The Hall–Kier alpha value is -0.0831. The van der Waals surface area contributed by atoms with Crippen molar-refractivity contribution in [3.8, 4) is 0 Å². The van der Waals surface area contributed by atoms with Gasteiger partial charge in [0, 0.05) is 6.10 Å². The maximum Gasteiger partial charge on any atom is 0.184 e. The van der Waals surface area contributed by atoms with Crippen molar-refractivity contribution in [1.82, 2.24) is 0 Å². The zero-order valence-electron chi connectivity index (χ0n) is 22.8. The summed E-state index contributed by atoms with van der Waals surface area (Å²) in [6.07, 6.45) is 19.7. The summed E-state index contributed by atoms with van der Waals surface area (Å²) in [5.41, 5.74) is 1.04. The minimum absolute atomic E-state index is 0.463. The van der Waals surface area contributed by atoms with Crippen LogP contribution in [0.25, 0.3) is 0 Å². The molecule has 32 heavy (non-hydrogen) atoms. The van der Waals surface area contributed by atoms with Crippen molar-refractivity contribution in [2.45, 2.75) is 125 Å². The van der Waals surface area contributed by atoms with Crippen LogP contribution in [0.4, 0.5) is 0 Å². The third-order valence-corrected chi connectivity index (χ3v) is 11.9. The molecule has 4 aliphatic rings. The summed E-state index contributed by atoms with van der Waals surface area (Å²) < 4.78 is 7.00. The molecule has 4 aliphatic carbocycles. The Labute approximate surface area is 201 Å². The molecule has 0 saturated heterocycles. The van der Waals surface area contributed by atoms with E-state index in [-0.39, 0.29) is 0 Å². The summed E-state index contributed by atoms with van der Waals surface area (Å²) in [5, 5.41) is 0. The van der Waals surface area contributed by atoms with Crippen LogP contribution in [0.1, 0.15) is 98.8 Å². The van der Waals surface area contributed by atoms with E-state index in [2.05, 4.69) is 66.4 Å². The van der Waals surface area contributed by atoms with E-state index in [1.54, 1.807) is 0 Å². The van der Waals surface area contributed by atoms with Crippen molar-refractivity contribution in [3.05, 3.63) is 12.2 Å². The first-order valence-corrected chi connectivity index (χ1v) is 17.7. The average Bonchev–Trinajstić information content (AvgIpc) is 3.04. The molecule has 3 fully saturated rings. The average molecular weight is 459 g/mol. The van der Waals surface area contributed by atoms with Gasteiger partial charge in [-0.05, 0) is 117 Å². The maximum atomic E-state index is 7.00. The van der Waals surface area contributed by atoms with Gasteiger partial charge in [0.2, 0.25) is 0 Å². The maximum absolute atomic E-state index is 7.00. The van der Waals surface area contributed by atoms with Crippen LogP contribution in [0, 0.1) is 52.3 Å². The molecule has 0 aliphatic heterocycles. The molecule has 0 spiro atoms. The number of fused-ring (bicyclic) bond motifs is 5. The van der Waals surface area contributed by atoms with Crippen LogP contribution in [-0.2, 0) is 4.43 Å². The quantitative estimate of drug-likeness (QED) is 0.273. The lowest BCUT2D eigenvalue weighted by molar-refractivity contribution is -0.141. The lowest BCUT2D eigenvalue weighted by atomic mass is 9.44. The monoisotopic (exact) mass is 458 g/mol. The molecular formula is C30H54OSi. The van der Waals surface area contributed by atoms with E-state index in [1.807, 2.05) is 0 Å². The molecule has 0 aromatic carbocycles. The molecule has 0 amide bonds. The molecule has 0 heterocycles. The molecule has 0 bridgehead atoms. The molecule has 3 saturated carbocycles. The Bertz CT molecular complexity index is 677. The molecule has 0 N–H and O–H groups in total. The van der Waals surface area contributed by atoms with Gasteiger partial charge in [0.25, 0.3) is 0 Å². The third kappa shape index (κ3) is 4.58. The van der Waals surface area contributed by atoms with Gasteiger partial charge < -0.3 is 4.43 Å². The molecule has 2 heteroatoms. The summed E-state index contributed by atoms with van der Waals surface area (Å²) in [7, 11) is -1.54. The highest BCUT2D eigenvalue weighted by Gasteiger charge is 2.62. The Morgan fingerprint density at radius 1 is 0.906 bits per heavy atom. The van der Waals surface area contributed by atoms with Crippen LogP contribution in [0.2, 0.25) is 19.6 Å². The highest BCUT2D eigenvalue weighted by molar-refractivity contribution is 6.69. The van der Waals surface area contributed by atoms with E-state index >= 15 is 0 Å². The highest BCUT2D eigenvalue weighted by atomic mass is 28.4. The van der Waals surface area contributed by atoms with E-state index in [0.29, 0.717) is 16.9 Å². The standard InChI is InChI=1S/C30H54OSi/c1-21(2)12-11-13-22(3)24-15-16-25-23-20-28(31-32(6,7)8)27-14-9-10-18-29(27,4)26(23)17-19-30(24,25)5/h9-10,21-28H,11-20H2,1-8H3/t22-,23+,24-,25+,26+,27-,28?,29-,30-/m1/s1. The van der Waals surface area contributed by atoms with Gasteiger partial charge in [-0.1, -0.05) is 66.0 Å². The molecule has 9 atom stereocenters. The number of hydrogen-bond donors (Lipinski definition) is 0. The van der Waals surface area contributed by atoms with Gasteiger partial charge >= 0.3 is 0 Å². The Kier molecular flexibility index (Phi) is 7.17. The van der Waals surface area contributed by atoms with Crippen LogP contribution in [0.5, 0.6) is 0 Å². The second-order valence-corrected chi connectivity index (χ2v) is 18.9. The fraction of sp³-hybridized carbons (Fsp3) is 0.933. The SMILES string of the molecule is CC(C)CCC[C@@H](C)[C@H]1CC[C@H]2[C@@H]3CC(O[Si](C)(C)C)[C@H]4CC=CC[C@]4(C)[C@H]3CC[C@]12C. The number of hydrogen-bond acceptors (Lipinski definition) is 1. The molecule has 1 nitrogen and oxygen atoms in total. The van der Waals surface area contributed by atoms with Crippen molar-refractivity contribution < 1.29 is 4.43 Å². The van der Waals surface area contributed by atoms with Gasteiger partial charge in [0.15, 0.2) is 8.32 Å². The minimum atomic E-state index is -1.54. The van der Waals surface area contributed by atoms with Crippen LogP contribution in [0.15, 0.2) is 12.2 Å². The second kappa shape index (κ2) is 9.18. The fourth-order valence-electron chi connectivity index (χ4n) is 9.48. The topological polar surface area (TPSA) is 9.23 Å².